The molecule has 1 saturated heterocycles. The number of likely N-dealkylation sites (N-methyl/N-ethyl adjacent to an activating group) is 1. The van der Waals surface area contributed by atoms with E-state index in [9.17, 15) is 14.4 Å². The molecule has 35 heavy (non-hydrogen) atoms. The van der Waals surface area contributed by atoms with Gasteiger partial charge in [-0.15, -0.1) is 11.3 Å². The molecule has 2 aromatic rings. The molecule has 8 nitrogen and oxygen atoms in total. The lowest BCUT2D eigenvalue weighted by Gasteiger charge is -2.22. The SMILES string of the molecule is CCOC(=O)c1c(NC(=O)c2ccccc2OCC(=O)N2CCCCCC2)sc2c1CCN(C)C2. The van der Waals surface area contributed by atoms with Crippen LogP contribution in [-0.2, 0) is 22.5 Å². The maximum absolute atomic E-state index is 13.3. The summed E-state index contributed by atoms with van der Waals surface area (Å²) in [6, 6.07) is 6.86. The maximum Gasteiger partial charge on any atom is 0.341 e. The summed E-state index contributed by atoms with van der Waals surface area (Å²) in [6.07, 6.45) is 5.03. The van der Waals surface area contributed by atoms with Crippen LogP contribution in [-0.4, -0.2) is 67.5 Å². The number of ether oxygens (including phenoxy) is 2. The number of para-hydroxylation sites is 1. The Kier molecular flexibility index (Phi) is 8.41. The van der Waals surface area contributed by atoms with E-state index in [1.165, 1.54) is 11.3 Å². The maximum atomic E-state index is 13.3. The number of benzene rings is 1. The lowest BCUT2D eigenvalue weighted by Crippen LogP contribution is -2.35. The van der Waals surface area contributed by atoms with Gasteiger partial charge < -0.3 is 24.6 Å². The molecule has 1 aromatic heterocycles. The van der Waals surface area contributed by atoms with E-state index in [2.05, 4.69) is 10.2 Å². The van der Waals surface area contributed by atoms with E-state index in [0.29, 0.717) is 21.9 Å². The van der Waals surface area contributed by atoms with Crippen molar-refractivity contribution in [3.63, 3.8) is 0 Å². The van der Waals surface area contributed by atoms with Crippen LogP contribution in [0.3, 0.4) is 0 Å². The molecule has 3 heterocycles. The molecule has 0 unspecified atom stereocenters. The number of rotatable bonds is 7. The Balaban J connectivity index is 1.51. The monoisotopic (exact) mass is 499 g/mol. The quantitative estimate of drug-likeness (QED) is 0.581. The van der Waals surface area contributed by atoms with Crippen molar-refractivity contribution < 1.29 is 23.9 Å². The van der Waals surface area contributed by atoms with Crippen LogP contribution in [0.15, 0.2) is 24.3 Å². The Labute approximate surface area is 210 Å². The summed E-state index contributed by atoms with van der Waals surface area (Å²) in [7, 11) is 2.03. The van der Waals surface area contributed by atoms with Gasteiger partial charge in [0.15, 0.2) is 6.61 Å². The molecule has 2 aliphatic rings. The predicted octanol–water partition coefficient (Wildman–Crippen LogP) is 3.95. The topological polar surface area (TPSA) is 88.2 Å². The predicted molar refractivity (Wildman–Crippen MR) is 135 cm³/mol. The van der Waals surface area contributed by atoms with Crippen molar-refractivity contribution in [1.29, 1.82) is 0 Å². The first-order valence-electron chi connectivity index (χ1n) is 12.3. The number of likely N-dealkylation sites (tertiary alicyclic amines) is 1. The van der Waals surface area contributed by atoms with E-state index in [4.69, 9.17) is 9.47 Å². The average Bonchev–Trinajstić information content (AvgIpc) is 3.00. The third kappa shape index (κ3) is 6.02. The van der Waals surface area contributed by atoms with Crippen LogP contribution in [0.4, 0.5) is 5.00 Å². The van der Waals surface area contributed by atoms with Crippen molar-refractivity contribution in [1.82, 2.24) is 9.80 Å². The fourth-order valence-corrected chi connectivity index (χ4v) is 5.85. The standard InChI is InChI=1S/C26H33N3O5S/c1-3-33-26(32)23-19-12-15-28(2)16-21(19)35-25(23)27-24(31)18-10-6-7-11-20(18)34-17-22(30)29-13-8-4-5-9-14-29/h6-7,10-11H,3-5,8-9,12-17H2,1-2H3,(H,27,31). The van der Waals surface area contributed by atoms with E-state index in [-0.39, 0.29) is 25.0 Å². The third-order valence-corrected chi connectivity index (χ3v) is 7.53. The first kappa shape index (κ1) is 25.2. The van der Waals surface area contributed by atoms with Gasteiger partial charge in [-0.05, 0) is 50.9 Å². The summed E-state index contributed by atoms with van der Waals surface area (Å²) in [5.41, 5.74) is 1.71. The Morgan fingerprint density at radius 1 is 1.06 bits per heavy atom. The zero-order valence-electron chi connectivity index (χ0n) is 20.4. The van der Waals surface area contributed by atoms with E-state index < -0.39 is 5.97 Å². The van der Waals surface area contributed by atoms with Crippen molar-refractivity contribution >= 4 is 34.1 Å². The molecule has 0 radical (unpaired) electrons. The minimum Gasteiger partial charge on any atom is -0.483 e. The highest BCUT2D eigenvalue weighted by Crippen LogP contribution is 2.38. The average molecular weight is 500 g/mol. The number of nitrogens with zero attached hydrogens (tertiary/aromatic N) is 2. The smallest absolute Gasteiger partial charge is 0.341 e. The molecular weight excluding hydrogens is 466 g/mol. The molecule has 9 heteroatoms. The van der Waals surface area contributed by atoms with E-state index in [1.807, 2.05) is 11.9 Å². The largest absolute Gasteiger partial charge is 0.483 e. The number of anilines is 1. The van der Waals surface area contributed by atoms with Crippen molar-refractivity contribution in [2.75, 3.05) is 45.2 Å². The third-order valence-electron chi connectivity index (χ3n) is 6.40. The van der Waals surface area contributed by atoms with Gasteiger partial charge in [0.2, 0.25) is 0 Å². The molecule has 0 spiro atoms. The van der Waals surface area contributed by atoms with Crippen LogP contribution >= 0.6 is 11.3 Å². The van der Waals surface area contributed by atoms with Gasteiger partial charge in [0.05, 0.1) is 17.7 Å². The Bertz CT molecular complexity index is 1070. The first-order chi connectivity index (χ1) is 17.0. The van der Waals surface area contributed by atoms with Crippen molar-refractivity contribution in [2.45, 2.75) is 45.6 Å². The molecule has 4 rings (SSSR count). The first-order valence-corrected chi connectivity index (χ1v) is 13.1. The highest BCUT2D eigenvalue weighted by Gasteiger charge is 2.29. The van der Waals surface area contributed by atoms with E-state index >= 15 is 0 Å². The fraction of sp³-hybridized carbons (Fsp3) is 0.500. The number of nitrogens with one attached hydrogen (secondary N) is 1. The summed E-state index contributed by atoms with van der Waals surface area (Å²) in [6.45, 7) is 4.98. The van der Waals surface area contributed by atoms with Gasteiger partial charge in [0, 0.05) is 31.1 Å². The van der Waals surface area contributed by atoms with Gasteiger partial charge in [-0.25, -0.2) is 4.79 Å². The highest BCUT2D eigenvalue weighted by molar-refractivity contribution is 7.17. The fourth-order valence-electron chi connectivity index (χ4n) is 4.54. The molecule has 0 saturated carbocycles. The molecule has 0 atom stereocenters. The number of amides is 2. The van der Waals surface area contributed by atoms with Gasteiger partial charge in [0.25, 0.3) is 11.8 Å². The number of carbonyl (C=O) groups excluding carboxylic acids is 3. The number of thiophene rings is 1. The molecule has 1 N–H and O–H groups in total. The number of hydrogen-bond donors (Lipinski definition) is 1. The highest BCUT2D eigenvalue weighted by atomic mass is 32.1. The molecule has 0 bridgehead atoms. The van der Waals surface area contributed by atoms with Crippen LogP contribution in [0.1, 0.15) is 63.8 Å². The second kappa shape index (κ2) is 11.7. The summed E-state index contributed by atoms with van der Waals surface area (Å²) in [5, 5.41) is 3.41. The number of esters is 1. The van der Waals surface area contributed by atoms with Crippen molar-refractivity contribution in [3.8, 4) is 5.75 Å². The molecule has 0 aliphatic carbocycles. The van der Waals surface area contributed by atoms with Gasteiger partial charge in [-0.1, -0.05) is 25.0 Å². The Morgan fingerprint density at radius 2 is 1.80 bits per heavy atom. The molecular formula is C26H33N3O5S. The minimum atomic E-state index is -0.419. The molecule has 1 aromatic carbocycles. The van der Waals surface area contributed by atoms with Crippen molar-refractivity contribution in [3.05, 3.63) is 45.8 Å². The van der Waals surface area contributed by atoms with E-state index in [1.54, 1.807) is 31.2 Å². The van der Waals surface area contributed by atoms with Gasteiger partial charge in [0.1, 0.15) is 10.8 Å². The second-order valence-corrected chi connectivity index (χ2v) is 10.1. The van der Waals surface area contributed by atoms with Crippen LogP contribution in [0.5, 0.6) is 5.75 Å². The molecule has 2 amide bonds. The molecule has 1 fully saturated rings. The summed E-state index contributed by atoms with van der Waals surface area (Å²) < 4.78 is 11.1. The van der Waals surface area contributed by atoms with Crippen LogP contribution in [0.2, 0.25) is 0 Å². The number of hydrogen-bond acceptors (Lipinski definition) is 7. The number of carbonyl (C=O) groups is 3. The van der Waals surface area contributed by atoms with Crippen molar-refractivity contribution in [2.24, 2.45) is 0 Å². The second-order valence-electron chi connectivity index (χ2n) is 8.95. The lowest BCUT2D eigenvalue weighted by molar-refractivity contribution is -0.133. The van der Waals surface area contributed by atoms with Crippen LogP contribution in [0.25, 0.3) is 0 Å². The minimum absolute atomic E-state index is 0.0678. The van der Waals surface area contributed by atoms with Crippen LogP contribution in [0, 0.1) is 0 Å². The Hall–Kier alpha value is -2.91. The zero-order valence-corrected chi connectivity index (χ0v) is 21.2. The normalized spacial score (nSPS) is 16.2. The van der Waals surface area contributed by atoms with Gasteiger partial charge in [-0.3, -0.25) is 9.59 Å². The lowest BCUT2D eigenvalue weighted by atomic mass is 10.0. The van der Waals surface area contributed by atoms with E-state index in [0.717, 1.165) is 68.7 Å². The summed E-state index contributed by atoms with van der Waals surface area (Å²) in [4.78, 5) is 43.8. The summed E-state index contributed by atoms with van der Waals surface area (Å²) in [5.74, 6) is -0.536. The van der Waals surface area contributed by atoms with Crippen LogP contribution < -0.4 is 10.1 Å². The molecule has 2 aliphatic heterocycles. The van der Waals surface area contributed by atoms with Gasteiger partial charge >= 0.3 is 5.97 Å². The number of fused-ring (bicyclic) bond motifs is 1. The molecule has 188 valence electrons. The summed E-state index contributed by atoms with van der Waals surface area (Å²) >= 11 is 1.41. The zero-order chi connectivity index (χ0) is 24.8. The van der Waals surface area contributed by atoms with Gasteiger partial charge in [-0.2, -0.15) is 0 Å². The Morgan fingerprint density at radius 3 is 2.54 bits per heavy atom.